The summed E-state index contributed by atoms with van der Waals surface area (Å²) in [6.07, 6.45) is 0.999. The molecule has 1 saturated heterocycles. The van der Waals surface area contributed by atoms with Gasteiger partial charge in [-0.3, -0.25) is 0 Å². The van der Waals surface area contributed by atoms with E-state index in [9.17, 15) is 4.79 Å². The summed E-state index contributed by atoms with van der Waals surface area (Å²) in [4.78, 5) is 17.4. The molecular weight excluding hydrogens is 280 g/mol. The van der Waals surface area contributed by atoms with E-state index >= 15 is 0 Å². The number of rotatable bonds is 4. The van der Waals surface area contributed by atoms with Gasteiger partial charge in [-0.15, -0.1) is 0 Å². The van der Waals surface area contributed by atoms with E-state index in [0.717, 1.165) is 31.1 Å². The van der Waals surface area contributed by atoms with Gasteiger partial charge in [0.1, 0.15) is 11.6 Å². The maximum absolute atomic E-state index is 11.0. The van der Waals surface area contributed by atoms with Crippen LogP contribution in [0, 0.1) is 0 Å². The van der Waals surface area contributed by atoms with Crippen molar-refractivity contribution in [2.45, 2.75) is 12.3 Å². The Morgan fingerprint density at radius 1 is 1.27 bits per heavy atom. The monoisotopic (exact) mass is 298 g/mol. The number of carbonyl (C=O) groups is 1. The van der Waals surface area contributed by atoms with Gasteiger partial charge in [0.25, 0.3) is 0 Å². The molecule has 5 nitrogen and oxygen atoms in total. The van der Waals surface area contributed by atoms with E-state index in [1.54, 1.807) is 13.2 Å². The molecule has 0 spiro atoms. The molecule has 0 amide bonds. The van der Waals surface area contributed by atoms with Crippen LogP contribution < -0.4 is 9.64 Å². The highest BCUT2D eigenvalue weighted by atomic mass is 16.5. The maximum atomic E-state index is 11.0. The summed E-state index contributed by atoms with van der Waals surface area (Å²) in [7, 11) is 1.68. The highest BCUT2D eigenvalue weighted by Crippen LogP contribution is 2.34. The number of methoxy groups -OCH3 is 1. The number of anilines is 1. The van der Waals surface area contributed by atoms with E-state index < -0.39 is 5.97 Å². The second kappa shape index (κ2) is 6.05. The van der Waals surface area contributed by atoms with Crippen molar-refractivity contribution < 1.29 is 14.6 Å². The molecule has 114 valence electrons. The van der Waals surface area contributed by atoms with Crippen LogP contribution in [0.2, 0.25) is 0 Å². The number of nitrogens with zero attached hydrogens (tertiary/aromatic N) is 2. The van der Waals surface area contributed by atoms with E-state index in [2.05, 4.69) is 16.0 Å². The van der Waals surface area contributed by atoms with Crippen LogP contribution in [-0.2, 0) is 0 Å². The van der Waals surface area contributed by atoms with E-state index in [1.165, 1.54) is 11.6 Å². The lowest BCUT2D eigenvalue weighted by Gasteiger charge is -2.19. The summed E-state index contributed by atoms with van der Waals surface area (Å²) >= 11 is 0. The number of carboxylic acids is 1. The zero-order valence-corrected chi connectivity index (χ0v) is 12.4. The minimum absolute atomic E-state index is 0.0817. The van der Waals surface area contributed by atoms with Crippen molar-refractivity contribution in [1.82, 2.24) is 4.98 Å². The molecule has 0 saturated carbocycles. The second-order valence-electron chi connectivity index (χ2n) is 5.36. The molecule has 1 N–H and O–H groups in total. The van der Waals surface area contributed by atoms with Gasteiger partial charge in [0, 0.05) is 19.0 Å². The molecule has 1 atom stereocenters. The highest BCUT2D eigenvalue weighted by molar-refractivity contribution is 5.85. The van der Waals surface area contributed by atoms with Gasteiger partial charge >= 0.3 is 5.97 Å². The molecule has 0 aliphatic carbocycles. The third-order valence-electron chi connectivity index (χ3n) is 4.04. The number of benzene rings is 1. The molecule has 1 unspecified atom stereocenters. The number of para-hydroxylation sites is 1. The average Bonchev–Trinajstić information content (AvgIpc) is 3.04. The Balaban J connectivity index is 1.80. The zero-order chi connectivity index (χ0) is 15.5. The van der Waals surface area contributed by atoms with Crippen LogP contribution in [0.5, 0.6) is 5.75 Å². The van der Waals surface area contributed by atoms with E-state index in [-0.39, 0.29) is 5.69 Å². The van der Waals surface area contributed by atoms with Crippen LogP contribution in [-0.4, -0.2) is 36.3 Å². The number of carboxylic acid groups (broad SMARTS) is 1. The molecule has 1 aliphatic rings. The zero-order valence-electron chi connectivity index (χ0n) is 12.4. The largest absolute Gasteiger partial charge is 0.496 e. The van der Waals surface area contributed by atoms with Crippen LogP contribution in [0.15, 0.2) is 42.5 Å². The Hall–Kier alpha value is -2.56. The fourth-order valence-electron chi connectivity index (χ4n) is 2.94. The SMILES string of the molecule is COc1ccccc1C1CCN(c2cccc(C(=O)O)n2)C1. The fourth-order valence-corrected chi connectivity index (χ4v) is 2.94. The number of aromatic carboxylic acids is 1. The molecule has 3 rings (SSSR count). The van der Waals surface area contributed by atoms with Gasteiger partial charge in [-0.25, -0.2) is 9.78 Å². The van der Waals surface area contributed by atoms with Crippen molar-refractivity contribution >= 4 is 11.8 Å². The summed E-state index contributed by atoms with van der Waals surface area (Å²) < 4.78 is 5.44. The van der Waals surface area contributed by atoms with E-state index in [4.69, 9.17) is 9.84 Å². The van der Waals surface area contributed by atoms with Crippen molar-refractivity contribution in [1.29, 1.82) is 0 Å². The molecule has 0 bridgehead atoms. The van der Waals surface area contributed by atoms with Crippen LogP contribution in [0.3, 0.4) is 0 Å². The smallest absolute Gasteiger partial charge is 0.354 e. The summed E-state index contributed by atoms with van der Waals surface area (Å²) in [6, 6.07) is 13.2. The summed E-state index contributed by atoms with van der Waals surface area (Å²) in [5.41, 5.74) is 1.28. The Bertz CT molecular complexity index is 687. The molecule has 1 aliphatic heterocycles. The van der Waals surface area contributed by atoms with E-state index in [0.29, 0.717) is 5.92 Å². The van der Waals surface area contributed by atoms with Gasteiger partial charge < -0.3 is 14.7 Å². The Labute approximate surface area is 129 Å². The highest BCUT2D eigenvalue weighted by Gasteiger charge is 2.27. The minimum atomic E-state index is -0.998. The lowest BCUT2D eigenvalue weighted by Crippen LogP contribution is -2.21. The van der Waals surface area contributed by atoms with Crippen molar-refractivity contribution in [2.75, 3.05) is 25.1 Å². The minimum Gasteiger partial charge on any atom is -0.496 e. The van der Waals surface area contributed by atoms with Crippen LogP contribution in [0.1, 0.15) is 28.4 Å². The van der Waals surface area contributed by atoms with Gasteiger partial charge in [0.05, 0.1) is 7.11 Å². The first kappa shape index (κ1) is 14.4. The third-order valence-corrected chi connectivity index (χ3v) is 4.04. The predicted molar refractivity (Wildman–Crippen MR) is 83.8 cm³/mol. The summed E-state index contributed by atoms with van der Waals surface area (Å²) in [6.45, 7) is 1.68. The predicted octanol–water partition coefficient (Wildman–Crippen LogP) is 2.78. The van der Waals surface area contributed by atoms with Gasteiger partial charge in [-0.1, -0.05) is 24.3 Å². The lowest BCUT2D eigenvalue weighted by molar-refractivity contribution is 0.0690. The quantitative estimate of drug-likeness (QED) is 0.940. The fraction of sp³-hybridized carbons (Fsp3) is 0.294. The Kier molecular flexibility index (Phi) is 3.96. The van der Waals surface area contributed by atoms with Gasteiger partial charge in [0.2, 0.25) is 0 Å². The van der Waals surface area contributed by atoms with Crippen molar-refractivity contribution in [2.24, 2.45) is 0 Å². The van der Waals surface area contributed by atoms with Gasteiger partial charge in [-0.2, -0.15) is 0 Å². The van der Waals surface area contributed by atoms with Crippen LogP contribution >= 0.6 is 0 Å². The van der Waals surface area contributed by atoms with Crippen molar-refractivity contribution in [3.8, 4) is 5.75 Å². The number of pyridine rings is 1. The lowest BCUT2D eigenvalue weighted by atomic mass is 9.97. The van der Waals surface area contributed by atoms with Gasteiger partial charge in [0.15, 0.2) is 5.69 Å². The number of hydrogen-bond acceptors (Lipinski definition) is 4. The normalized spacial score (nSPS) is 17.5. The van der Waals surface area contributed by atoms with Crippen molar-refractivity contribution in [3.63, 3.8) is 0 Å². The maximum Gasteiger partial charge on any atom is 0.354 e. The topological polar surface area (TPSA) is 62.7 Å². The first-order chi connectivity index (χ1) is 10.7. The first-order valence-corrected chi connectivity index (χ1v) is 7.27. The number of ether oxygens (including phenoxy) is 1. The molecule has 1 aromatic heterocycles. The molecule has 2 aromatic rings. The van der Waals surface area contributed by atoms with Crippen LogP contribution in [0.4, 0.5) is 5.82 Å². The molecule has 1 aromatic carbocycles. The molecule has 22 heavy (non-hydrogen) atoms. The summed E-state index contributed by atoms with van der Waals surface area (Å²) in [5, 5.41) is 9.05. The van der Waals surface area contributed by atoms with Crippen LogP contribution in [0.25, 0.3) is 0 Å². The molecule has 5 heteroatoms. The Morgan fingerprint density at radius 2 is 2.09 bits per heavy atom. The molecular formula is C17H18N2O3. The molecule has 0 radical (unpaired) electrons. The van der Waals surface area contributed by atoms with Crippen molar-refractivity contribution in [3.05, 3.63) is 53.7 Å². The molecule has 1 fully saturated rings. The first-order valence-electron chi connectivity index (χ1n) is 7.27. The third kappa shape index (κ3) is 2.74. The summed E-state index contributed by atoms with van der Waals surface area (Å²) in [5.74, 6) is 0.993. The number of aromatic nitrogens is 1. The second-order valence-corrected chi connectivity index (χ2v) is 5.36. The van der Waals surface area contributed by atoms with Gasteiger partial charge in [-0.05, 0) is 30.2 Å². The average molecular weight is 298 g/mol. The molecule has 2 heterocycles. The number of hydrogen-bond donors (Lipinski definition) is 1. The van der Waals surface area contributed by atoms with E-state index in [1.807, 2.05) is 24.3 Å². The Morgan fingerprint density at radius 3 is 2.86 bits per heavy atom. The standard InChI is InChI=1S/C17H18N2O3/c1-22-15-7-3-2-5-13(15)12-9-10-19(11-12)16-8-4-6-14(18-16)17(20)21/h2-8,12H,9-11H2,1H3,(H,20,21).